The summed E-state index contributed by atoms with van der Waals surface area (Å²) in [6.07, 6.45) is 0.802. The van der Waals surface area contributed by atoms with Crippen LogP contribution in [0.4, 0.5) is 5.69 Å². The van der Waals surface area contributed by atoms with E-state index >= 15 is 0 Å². The van der Waals surface area contributed by atoms with Gasteiger partial charge < -0.3 is 24.8 Å². The molecule has 2 N–H and O–H groups in total. The molecule has 0 spiro atoms. The first kappa shape index (κ1) is 19.6. The van der Waals surface area contributed by atoms with E-state index in [2.05, 4.69) is 10.6 Å². The van der Waals surface area contributed by atoms with Crippen LogP contribution in [0.25, 0.3) is 0 Å². The Morgan fingerprint density at radius 3 is 2.42 bits per heavy atom. The number of methoxy groups -OCH3 is 1. The van der Waals surface area contributed by atoms with Gasteiger partial charge in [0, 0.05) is 32.0 Å². The molecule has 0 saturated carbocycles. The molecule has 0 radical (unpaired) electrons. The number of nitrogens with one attached hydrogen (secondary N) is 2. The maximum absolute atomic E-state index is 11.7. The van der Waals surface area contributed by atoms with E-state index in [4.69, 9.17) is 14.2 Å². The first-order valence-corrected chi connectivity index (χ1v) is 8.68. The van der Waals surface area contributed by atoms with Crippen molar-refractivity contribution in [3.8, 4) is 11.5 Å². The topological polar surface area (TPSA) is 68.8 Å². The number of hydrogen-bond acceptors (Lipinski definition) is 5. The lowest BCUT2D eigenvalue weighted by Gasteiger charge is -2.11. The van der Waals surface area contributed by atoms with Crippen LogP contribution in [0.1, 0.15) is 6.42 Å². The number of anilines is 1. The maximum Gasteiger partial charge on any atom is 0.239 e. The van der Waals surface area contributed by atoms with Gasteiger partial charge in [-0.2, -0.15) is 0 Å². The number of benzene rings is 2. The van der Waals surface area contributed by atoms with Crippen LogP contribution in [0, 0.1) is 0 Å². The summed E-state index contributed by atoms with van der Waals surface area (Å²) in [5.41, 5.74) is 0.832. The zero-order valence-corrected chi connectivity index (χ0v) is 15.1. The fourth-order valence-electron chi connectivity index (χ4n) is 2.22. The molecule has 26 heavy (non-hydrogen) atoms. The molecule has 0 saturated heterocycles. The molecule has 0 unspecified atom stereocenters. The van der Waals surface area contributed by atoms with E-state index in [1.54, 1.807) is 7.11 Å². The van der Waals surface area contributed by atoms with Crippen LogP contribution in [0.2, 0.25) is 0 Å². The quantitative estimate of drug-likeness (QED) is 0.571. The zero-order valence-electron chi connectivity index (χ0n) is 15.1. The molecule has 2 aromatic rings. The molecule has 1 amide bonds. The third kappa shape index (κ3) is 7.90. The first-order chi connectivity index (χ1) is 12.8. The second-order valence-electron chi connectivity index (χ2n) is 5.59. The molecule has 0 aliphatic rings. The van der Waals surface area contributed by atoms with Gasteiger partial charge in [-0.05, 0) is 30.7 Å². The minimum absolute atomic E-state index is 0.0521. The fourth-order valence-corrected chi connectivity index (χ4v) is 2.22. The lowest BCUT2D eigenvalue weighted by molar-refractivity contribution is -0.119. The molecular formula is C20H26N2O4. The standard InChI is InChI=1S/C20H26N2O4/c1-24-12-6-11-21-20(23)16-22-17-7-5-10-19(15-17)26-14-13-25-18-8-3-2-4-9-18/h2-5,7-10,15,22H,6,11-14,16H2,1H3,(H,21,23). The van der Waals surface area contributed by atoms with Crippen molar-refractivity contribution < 1.29 is 19.0 Å². The number of carbonyl (C=O) groups excluding carboxylic acids is 1. The molecule has 0 aliphatic carbocycles. The second kappa shape index (κ2) is 11.8. The summed E-state index contributed by atoms with van der Waals surface area (Å²) < 4.78 is 16.2. The number of hydrogen-bond donors (Lipinski definition) is 2. The van der Waals surface area contributed by atoms with Crippen molar-refractivity contribution in [1.29, 1.82) is 0 Å². The minimum atomic E-state index is -0.0521. The summed E-state index contributed by atoms with van der Waals surface area (Å²) in [5, 5.41) is 5.92. The van der Waals surface area contributed by atoms with Gasteiger partial charge in [-0.1, -0.05) is 24.3 Å². The molecule has 140 valence electrons. The van der Waals surface area contributed by atoms with Crippen molar-refractivity contribution in [2.45, 2.75) is 6.42 Å². The molecule has 0 aromatic heterocycles. The van der Waals surface area contributed by atoms with Crippen molar-refractivity contribution in [3.63, 3.8) is 0 Å². The summed E-state index contributed by atoms with van der Waals surface area (Å²) >= 11 is 0. The molecule has 6 nitrogen and oxygen atoms in total. The highest BCUT2D eigenvalue weighted by atomic mass is 16.5. The Balaban J connectivity index is 1.66. The molecule has 2 aromatic carbocycles. The van der Waals surface area contributed by atoms with Gasteiger partial charge in [0.25, 0.3) is 0 Å². The molecule has 0 heterocycles. The Hall–Kier alpha value is -2.73. The van der Waals surface area contributed by atoms with Gasteiger partial charge in [-0.15, -0.1) is 0 Å². The average Bonchev–Trinajstić information content (AvgIpc) is 2.68. The van der Waals surface area contributed by atoms with E-state index in [0.717, 1.165) is 23.6 Å². The van der Waals surface area contributed by atoms with Crippen LogP contribution in [0.5, 0.6) is 11.5 Å². The Morgan fingerprint density at radius 1 is 0.923 bits per heavy atom. The van der Waals surface area contributed by atoms with Gasteiger partial charge >= 0.3 is 0 Å². The maximum atomic E-state index is 11.7. The van der Waals surface area contributed by atoms with Crippen LogP contribution in [-0.4, -0.2) is 45.9 Å². The van der Waals surface area contributed by atoms with Crippen LogP contribution in [0.15, 0.2) is 54.6 Å². The summed E-state index contributed by atoms with van der Waals surface area (Å²) in [4.78, 5) is 11.7. The van der Waals surface area contributed by atoms with Gasteiger partial charge in [0.1, 0.15) is 24.7 Å². The van der Waals surface area contributed by atoms with Crippen molar-refractivity contribution in [2.24, 2.45) is 0 Å². The van der Waals surface area contributed by atoms with Crippen molar-refractivity contribution in [3.05, 3.63) is 54.6 Å². The van der Waals surface area contributed by atoms with E-state index < -0.39 is 0 Å². The van der Waals surface area contributed by atoms with Gasteiger partial charge in [0.2, 0.25) is 5.91 Å². The highest BCUT2D eigenvalue weighted by molar-refractivity contribution is 5.80. The van der Waals surface area contributed by atoms with Crippen molar-refractivity contribution in [2.75, 3.05) is 45.3 Å². The van der Waals surface area contributed by atoms with Crippen LogP contribution in [-0.2, 0) is 9.53 Å². The SMILES string of the molecule is COCCCNC(=O)CNc1cccc(OCCOc2ccccc2)c1. The van der Waals surface area contributed by atoms with Crippen LogP contribution >= 0.6 is 0 Å². The highest BCUT2D eigenvalue weighted by Crippen LogP contribution is 2.17. The number of rotatable bonds is 12. The minimum Gasteiger partial charge on any atom is -0.490 e. The van der Waals surface area contributed by atoms with Gasteiger partial charge in [0.15, 0.2) is 0 Å². The Morgan fingerprint density at radius 2 is 1.65 bits per heavy atom. The smallest absolute Gasteiger partial charge is 0.239 e. The molecular weight excluding hydrogens is 332 g/mol. The third-order valence-electron chi connectivity index (χ3n) is 3.50. The molecule has 6 heteroatoms. The normalized spacial score (nSPS) is 10.2. The lowest BCUT2D eigenvalue weighted by Crippen LogP contribution is -2.31. The molecule has 0 aliphatic heterocycles. The lowest BCUT2D eigenvalue weighted by atomic mass is 10.3. The van der Waals surface area contributed by atoms with Gasteiger partial charge in [-0.25, -0.2) is 0 Å². The monoisotopic (exact) mass is 358 g/mol. The van der Waals surface area contributed by atoms with Crippen LogP contribution < -0.4 is 20.1 Å². The summed E-state index contributed by atoms with van der Waals surface area (Å²) in [6, 6.07) is 17.1. The number of amides is 1. The van der Waals surface area contributed by atoms with Crippen molar-refractivity contribution >= 4 is 11.6 Å². The second-order valence-corrected chi connectivity index (χ2v) is 5.59. The van der Waals surface area contributed by atoms with Crippen LogP contribution in [0.3, 0.4) is 0 Å². The third-order valence-corrected chi connectivity index (χ3v) is 3.50. The number of para-hydroxylation sites is 1. The summed E-state index contributed by atoms with van der Waals surface area (Å²) in [5.74, 6) is 1.50. The van der Waals surface area contributed by atoms with Gasteiger partial charge in [-0.3, -0.25) is 4.79 Å². The van der Waals surface area contributed by atoms with Gasteiger partial charge in [0.05, 0.1) is 6.54 Å². The van der Waals surface area contributed by atoms with E-state index in [-0.39, 0.29) is 12.5 Å². The summed E-state index contributed by atoms with van der Waals surface area (Å²) in [6.45, 7) is 2.37. The van der Waals surface area contributed by atoms with E-state index in [0.29, 0.717) is 26.4 Å². The highest BCUT2D eigenvalue weighted by Gasteiger charge is 2.02. The molecule has 0 atom stereocenters. The molecule has 2 rings (SSSR count). The van der Waals surface area contributed by atoms with E-state index in [1.807, 2.05) is 54.6 Å². The number of ether oxygens (including phenoxy) is 3. The Labute approximate surface area is 154 Å². The largest absolute Gasteiger partial charge is 0.490 e. The first-order valence-electron chi connectivity index (χ1n) is 8.68. The van der Waals surface area contributed by atoms with Crippen molar-refractivity contribution in [1.82, 2.24) is 5.32 Å². The Kier molecular flexibility index (Phi) is 8.86. The average molecular weight is 358 g/mol. The number of carbonyl (C=O) groups is 1. The molecule has 0 bridgehead atoms. The Bertz CT molecular complexity index is 649. The predicted molar refractivity (Wildman–Crippen MR) is 102 cm³/mol. The predicted octanol–water partition coefficient (Wildman–Crippen LogP) is 2.71. The molecule has 0 fully saturated rings. The van der Waals surface area contributed by atoms with E-state index in [9.17, 15) is 4.79 Å². The zero-order chi connectivity index (χ0) is 18.5. The fraction of sp³-hybridized carbons (Fsp3) is 0.350. The summed E-state index contributed by atoms with van der Waals surface area (Å²) in [7, 11) is 1.65. The van der Waals surface area contributed by atoms with E-state index in [1.165, 1.54) is 0 Å².